The highest BCUT2D eigenvalue weighted by Crippen LogP contribution is 2.42. The Labute approximate surface area is 118 Å². The quantitative estimate of drug-likeness (QED) is 0.892. The van der Waals surface area contributed by atoms with Crippen molar-refractivity contribution in [2.45, 2.75) is 45.1 Å². The molecular weight excluding hydrogens is 256 g/mol. The summed E-state index contributed by atoms with van der Waals surface area (Å²) in [5.41, 5.74) is 2.00. The van der Waals surface area contributed by atoms with Gasteiger partial charge in [0.25, 0.3) is 0 Å². The van der Waals surface area contributed by atoms with E-state index in [0.717, 1.165) is 23.5 Å². The van der Waals surface area contributed by atoms with Gasteiger partial charge in [-0.15, -0.1) is 0 Å². The standard InChI is InChI=1S/C15H20N2O3/c1-2-20-13(9-3-4-9)14-16-8-11-7-10(15(18)19)5-6-12(11)17-14/h8-10,13H,2-7H2,1H3,(H,18,19). The van der Waals surface area contributed by atoms with Gasteiger partial charge in [-0.1, -0.05) is 0 Å². The molecule has 0 spiro atoms. The minimum absolute atomic E-state index is 0.0162. The highest BCUT2D eigenvalue weighted by molar-refractivity contribution is 5.70. The SMILES string of the molecule is CCOC(c1ncc2c(n1)CCC(C(=O)O)C2)C1CC1. The number of carboxylic acids is 1. The second-order valence-corrected chi connectivity index (χ2v) is 5.69. The number of nitrogens with zero attached hydrogens (tertiary/aromatic N) is 2. The van der Waals surface area contributed by atoms with Crippen molar-refractivity contribution in [3.63, 3.8) is 0 Å². The first-order valence-electron chi connectivity index (χ1n) is 7.38. The highest BCUT2D eigenvalue weighted by Gasteiger charge is 2.35. The Morgan fingerprint density at radius 1 is 1.50 bits per heavy atom. The normalized spacial score (nSPS) is 23.1. The van der Waals surface area contributed by atoms with Crippen molar-refractivity contribution in [3.8, 4) is 0 Å². The summed E-state index contributed by atoms with van der Waals surface area (Å²) in [5.74, 6) is 0.332. The molecule has 5 heteroatoms. The molecule has 20 heavy (non-hydrogen) atoms. The molecule has 1 aromatic heterocycles. The molecule has 0 aliphatic heterocycles. The zero-order chi connectivity index (χ0) is 14.1. The van der Waals surface area contributed by atoms with Crippen LogP contribution in [0.3, 0.4) is 0 Å². The minimum Gasteiger partial charge on any atom is -0.481 e. The Morgan fingerprint density at radius 3 is 2.95 bits per heavy atom. The molecule has 0 amide bonds. The van der Waals surface area contributed by atoms with Gasteiger partial charge in [0.2, 0.25) is 0 Å². The first-order valence-corrected chi connectivity index (χ1v) is 7.38. The Balaban J connectivity index is 1.81. The largest absolute Gasteiger partial charge is 0.481 e. The number of fused-ring (bicyclic) bond motifs is 1. The van der Waals surface area contributed by atoms with E-state index in [4.69, 9.17) is 9.84 Å². The number of hydrogen-bond donors (Lipinski definition) is 1. The van der Waals surface area contributed by atoms with Crippen molar-refractivity contribution < 1.29 is 14.6 Å². The third kappa shape index (κ3) is 2.68. The fraction of sp³-hybridized carbons (Fsp3) is 0.667. The van der Waals surface area contributed by atoms with Crippen LogP contribution in [0.15, 0.2) is 6.20 Å². The summed E-state index contributed by atoms with van der Waals surface area (Å²) in [5, 5.41) is 9.10. The Kier molecular flexibility index (Phi) is 3.70. The van der Waals surface area contributed by atoms with E-state index >= 15 is 0 Å². The molecule has 0 saturated heterocycles. The van der Waals surface area contributed by atoms with Crippen molar-refractivity contribution in [2.75, 3.05) is 6.61 Å². The van der Waals surface area contributed by atoms with Crippen LogP contribution in [-0.2, 0) is 22.4 Å². The van der Waals surface area contributed by atoms with Crippen LogP contribution in [0, 0.1) is 11.8 Å². The molecular formula is C15H20N2O3. The Morgan fingerprint density at radius 2 is 2.30 bits per heavy atom. The zero-order valence-electron chi connectivity index (χ0n) is 11.7. The number of rotatable bonds is 5. The van der Waals surface area contributed by atoms with E-state index in [1.807, 2.05) is 6.92 Å². The molecule has 0 bridgehead atoms. The van der Waals surface area contributed by atoms with Gasteiger partial charge in [-0.25, -0.2) is 9.97 Å². The number of hydrogen-bond acceptors (Lipinski definition) is 4. The molecule has 2 atom stereocenters. The third-order valence-corrected chi connectivity index (χ3v) is 4.17. The van der Waals surface area contributed by atoms with E-state index < -0.39 is 5.97 Å². The number of aromatic nitrogens is 2. The van der Waals surface area contributed by atoms with Gasteiger partial charge in [0, 0.05) is 18.5 Å². The zero-order valence-corrected chi connectivity index (χ0v) is 11.7. The van der Waals surface area contributed by atoms with Gasteiger partial charge in [-0.05, 0) is 50.5 Å². The number of carbonyl (C=O) groups is 1. The summed E-state index contributed by atoms with van der Waals surface area (Å²) in [6.07, 6.45) is 6.14. The first kappa shape index (κ1) is 13.5. The van der Waals surface area contributed by atoms with Crippen molar-refractivity contribution in [2.24, 2.45) is 11.8 Å². The van der Waals surface area contributed by atoms with E-state index in [0.29, 0.717) is 25.4 Å². The Hall–Kier alpha value is -1.49. The molecule has 0 aromatic carbocycles. The number of ether oxygens (including phenoxy) is 1. The summed E-state index contributed by atoms with van der Waals surface area (Å²) in [6.45, 7) is 2.66. The van der Waals surface area contributed by atoms with Crippen LogP contribution in [0.2, 0.25) is 0 Å². The van der Waals surface area contributed by atoms with Gasteiger partial charge in [0.05, 0.1) is 5.92 Å². The van der Waals surface area contributed by atoms with E-state index in [2.05, 4.69) is 9.97 Å². The molecule has 1 saturated carbocycles. The second kappa shape index (κ2) is 5.48. The maximum absolute atomic E-state index is 11.1. The fourth-order valence-corrected chi connectivity index (χ4v) is 2.87. The lowest BCUT2D eigenvalue weighted by atomic mass is 9.87. The number of aryl methyl sites for hydroxylation is 1. The smallest absolute Gasteiger partial charge is 0.306 e. The molecule has 5 nitrogen and oxygen atoms in total. The minimum atomic E-state index is -0.718. The second-order valence-electron chi connectivity index (χ2n) is 5.69. The summed E-state index contributed by atoms with van der Waals surface area (Å²) in [4.78, 5) is 20.2. The van der Waals surface area contributed by atoms with Crippen molar-refractivity contribution >= 4 is 5.97 Å². The van der Waals surface area contributed by atoms with Crippen molar-refractivity contribution in [1.29, 1.82) is 0 Å². The number of carboxylic acid groups (broad SMARTS) is 1. The van der Waals surface area contributed by atoms with Gasteiger partial charge < -0.3 is 9.84 Å². The summed E-state index contributed by atoms with van der Waals surface area (Å²) >= 11 is 0. The van der Waals surface area contributed by atoms with E-state index in [1.165, 1.54) is 12.8 Å². The molecule has 0 radical (unpaired) electrons. The monoisotopic (exact) mass is 276 g/mol. The molecule has 1 N–H and O–H groups in total. The number of aliphatic carboxylic acids is 1. The van der Waals surface area contributed by atoms with Crippen LogP contribution in [-0.4, -0.2) is 27.7 Å². The average molecular weight is 276 g/mol. The predicted octanol–water partition coefficient (Wildman–Crippen LogP) is 2.15. The van der Waals surface area contributed by atoms with Crippen LogP contribution in [0.5, 0.6) is 0 Å². The summed E-state index contributed by atoms with van der Waals surface area (Å²) < 4.78 is 5.78. The van der Waals surface area contributed by atoms with E-state index in [9.17, 15) is 4.79 Å². The van der Waals surface area contributed by atoms with Gasteiger partial charge >= 0.3 is 5.97 Å². The van der Waals surface area contributed by atoms with Crippen LogP contribution < -0.4 is 0 Å². The summed E-state index contributed by atoms with van der Waals surface area (Å²) in [6, 6.07) is 0. The topological polar surface area (TPSA) is 72.3 Å². The van der Waals surface area contributed by atoms with Gasteiger partial charge in [-0.2, -0.15) is 0 Å². The van der Waals surface area contributed by atoms with Crippen LogP contribution >= 0.6 is 0 Å². The average Bonchev–Trinajstić information content (AvgIpc) is 3.28. The molecule has 1 fully saturated rings. The lowest BCUT2D eigenvalue weighted by molar-refractivity contribution is -0.142. The van der Waals surface area contributed by atoms with Gasteiger partial charge in [0.1, 0.15) is 6.10 Å². The molecule has 1 aromatic rings. The van der Waals surface area contributed by atoms with Crippen LogP contribution in [0.25, 0.3) is 0 Å². The van der Waals surface area contributed by atoms with Crippen LogP contribution in [0.1, 0.15) is 49.4 Å². The summed E-state index contributed by atoms with van der Waals surface area (Å²) in [7, 11) is 0. The van der Waals surface area contributed by atoms with E-state index in [1.54, 1.807) is 6.20 Å². The van der Waals surface area contributed by atoms with Crippen LogP contribution in [0.4, 0.5) is 0 Å². The van der Waals surface area contributed by atoms with E-state index in [-0.39, 0.29) is 12.0 Å². The highest BCUT2D eigenvalue weighted by atomic mass is 16.5. The predicted molar refractivity (Wildman–Crippen MR) is 72.3 cm³/mol. The lowest BCUT2D eigenvalue weighted by Crippen LogP contribution is -2.24. The van der Waals surface area contributed by atoms with Crippen molar-refractivity contribution in [1.82, 2.24) is 9.97 Å². The Bertz CT molecular complexity index is 514. The molecule has 2 aliphatic carbocycles. The maximum Gasteiger partial charge on any atom is 0.306 e. The fourth-order valence-electron chi connectivity index (χ4n) is 2.87. The third-order valence-electron chi connectivity index (χ3n) is 4.17. The first-order chi connectivity index (χ1) is 9.69. The van der Waals surface area contributed by atoms with Gasteiger partial charge in [-0.3, -0.25) is 4.79 Å². The van der Waals surface area contributed by atoms with Gasteiger partial charge in [0.15, 0.2) is 5.82 Å². The molecule has 108 valence electrons. The van der Waals surface area contributed by atoms with Crippen molar-refractivity contribution in [3.05, 3.63) is 23.3 Å². The molecule has 2 aliphatic rings. The maximum atomic E-state index is 11.1. The molecule has 1 heterocycles. The lowest BCUT2D eigenvalue weighted by Gasteiger charge is -2.22. The molecule has 2 unspecified atom stereocenters. The molecule has 3 rings (SSSR count).